The van der Waals surface area contributed by atoms with E-state index in [4.69, 9.17) is 67.8 Å². The highest BCUT2D eigenvalue weighted by atomic mass is 35.5. The van der Waals surface area contributed by atoms with Crippen LogP contribution < -0.4 is 9.78 Å². The van der Waals surface area contributed by atoms with Crippen LogP contribution in [0.5, 0.6) is 11.5 Å². The van der Waals surface area contributed by atoms with E-state index in [1.54, 1.807) is 12.1 Å². The minimum Gasteiger partial charge on any atom is -0.290 e. The highest BCUT2D eigenvalue weighted by Gasteiger charge is 2.22. The van der Waals surface area contributed by atoms with Gasteiger partial charge in [-0.2, -0.15) is 0 Å². The lowest BCUT2D eigenvalue weighted by molar-refractivity contribution is -0.100. The first-order valence-corrected chi connectivity index (χ1v) is 7.24. The molecule has 0 heterocycles. The maximum atomic E-state index is 6.02. The monoisotopic (exact) mass is 370 g/mol. The van der Waals surface area contributed by atoms with Gasteiger partial charge >= 0.3 is 0 Å². The molecule has 0 fully saturated rings. The molecule has 2 nitrogen and oxygen atoms in total. The van der Waals surface area contributed by atoms with E-state index in [9.17, 15) is 0 Å². The zero-order valence-corrected chi connectivity index (χ0v) is 13.8. The van der Waals surface area contributed by atoms with Crippen molar-refractivity contribution in [1.29, 1.82) is 0 Å². The normalized spacial score (nSPS) is 10.5. The van der Waals surface area contributed by atoms with Crippen molar-refractivity contribution in [3.63, 3.8) is 0 Å². The third kappa shape index (κ3) is 3.05. The van der Waals surface area contributed by atoms with E-state index >= 15 is 0 Å². The summed E-state index contributed by atoms with van der Waals surface area (Å²) in [6, 6.07) is 7.27. The summed E-state index contributed by atoms with van der Waals surface area (Å²) in [5.41, 5.74) is 0.880. The molecular formula is C13H7Cl5O2. The molecule has 0 unspecified atom stereocenters. The Kier molecular flexibility index (Phi) is 5.16. The molecule has 0 saturated heterocycles. The molecule has 2 aromatic carbocycles. The van der Waals surface area contributed by atoms with Gasteiger partial charge in [-0.15, -0.1) is 0 Å². The molecule has 0 radical (unpaired) electrons. The van der Waals surface area contributed by atoms with Gasteiger partial charge < -0.3 is 0 Å². The molecular weight excluding hydrogens is 365 g/mol. The summed E-state index contributed by atoms with van der Waals surface area (Å²) in [5.74, 6) is 0.526. The van der Waals surface area contributed by atoms with Crippen LogP contribution in [0.15, 0.2) is 24.3 Å². The minimum atomic E-state index is 0.0102. The summed E-state index contributed by atoms with van der Waals surface area (Å²) in [6.07, 6.45) is 0. The molecule has 2 rings (SSSR count). The Morgan fingerprint density at radius 3 is 1.75 bits per heavy atom. The van der Waals surface area contributed by atoms with Gasteiger partial charge in [0, 0.05) is 0 Å². The largest absolute Gasteiger partial charge is 0.290 e. The van der Waals surface area contributed by atoms with E-state index in [0.29, 0.717) is 5.75 Å². The Morgan fingerprint density at radius 1 is 0.700 bits per heavy atom. The van der Waals surface area contributed by atoms with E-state index in [-0.39, 0.29) is 30.9 Å². The van der Waals surface area contributed by atoms with Crippen LogP contribution in [0.25, 0.3) is 0 Å². The summed E-state index contributed by atoms with van der Waals surface area (Å²) >= 11 is 29.8. The Balaban J connectivity index is 2.33. The smallest absolute Gasteiger partial charge is 0.218 e. The molecule has 0 atom stereocenters. The van der Waals surface area contributed by atoms with Crippen LogP contribution in [0.1, 0.15) is 5.56 Å². The van der Waals surface area contributed by atoms with Crippen LogP contribution in [0.4, 0.5) is 0 Å². The number of benzene rings is 2. The second kappa shape index (κ2) is 6.50. The van der Waals surface area contributed by atoms with Gasteiger partial charge in [0.05, 0.1) is 15.1 Å². The zero-order valence-electron chi connectivity index (χ0n) is 10.0. The van der Waals surface area contributed by atoms with Crippen molar-refractivity contribution in [2.75, 3.05) is 0 Å². The van der Waals surface area contributed by atoms with Gasteiger partial charge in [-0.3, -0.25) is 9.78 Å². The maximum Gasteiger partial charge on any atom is 0.218 e. The van der Waals surface area contributed by atoms with Gasteiger partial charge in [0.25, 0.3) is 0 Å². The molecule has 2 aromatic rings. The van der Waals surface area contributed by atoms with Crippen LogP contribution >= 0.6 is 58.0 Å². The van der Waals surface area contributed by atoms with Crippen molar-refractivity contribution < 1.29 is 9.78 Å². The number of aryl methyl sites for hydroxylation is 1. The van der Waals surface area contributed by atoms with Gasteiger partial charge in [0.15, 0.2) is 5.75 Å². The molecule has 0 amide bonds. The first-order valence-electron chi connectivity index (χ1n) is 5.35. The van der Waals surface area contributed by atoms with Crippen LogP contribution in [0.2, 0.25) is 25.1 Å². The highest BCUT2D eigenvalue weighted by molar-refractivity contribution is 6.55. The summed E-state index contributed by atoms with van der Waals surface area (Å²) in [6.45, 7) is 1.86. The van der Waals surface area contributed by atoms with Crippen molar-refractivity contribution >= 4 is 58.0 Å². The summed E-state index contributed by atoms with van der Waals surface area (Å²) in [7, 11) is 0. The number of hydrogen-bond acceptors (Lipinski definition) is 2. The Labute approximate surface area is 141 Å². The Hall–Kier alpha value is -0.510. The van der Waals surface area contributed by atoms with Gasteiger partial charge in [0.2, 0.25) is 5.75 Å². The molecule has 0 aliphatic carbocycles. The summed E-state index contributed by atoms with van der Waals surface area (Å²) < 4.78 is 0. The van der Waals surface area contributed by atoms with Crippen molar-refractivity contribution in [3.8, 4) is 11.5 Å². The van der Waals surface area contributed by atoms with Crippen LogP contribution in [-0.4, -0.2) is 0 Å². The average molecular weight is 372 g/mol. The number of halogens is 5. The van der Waals surface area contributed by atoms with Crippen LogP contribution in [0, 0.1) is 6.92 Å². The predicted molar refractivity (Wildman–Crippen MR) is 83.9 cm³/mol. The molecule has 0 aliphatic rings. The summed E-state index contributed by atoms with van der Waals surface area (Å²) in [5, 5.41) is 0.211. The third-order valence-corrected chi connectivity index (χ3v) is 4.72. The second-order valence-corrected chi connectivity index (χ2v) is 5.72. The van der Waals surface area contributed by atoms with E-state index < -0.39 is 0 Å². The fourth-order valence-corrected chi connectivity index (χ4v) is 2.58. The lowest BCUT2D eigenvalue weighted by Gasteiger charge is -2.13. The molecule has 7 heteroatoms. The Bertz CT molecular complexity index is 628. The lowest BCUT2D eigenvalue weighted by atomic mass is 10.2. The predicted octanol–water partition coefficient (Wildman–Crippen LogP) is 6.63. The number of para-hydroxylation sites is 1. The van der Waals surface area contributed by atoms with E-state index in [0.717, 1.165) is 5.56 Å². The van der Waals surface area contributed by atoms with Gasteiger partial charge in [0.1, 0.15) is 10.0 Å². The van der Waals surface area contributed by atoms with E-state index in [1.807, 2.05) is 19.1 Å². The zero-order chi connectivity index (χ0) is 14.9. The highest BCUT2D eigenvalue weighted by Crippen LogP contribution is 2.48. The standard InChI is InChI=1S/C13H7Cl5O2/c1-6-4-2-3-5-7(6)19-20-13-11(17)9(15)8(14)10(16)12(13)18/h2-5H,1H3. The fourth-order valence-electron chi connectivity index (χ4n) is 1.39. The molecule has 0 spiro atoms. The van der Waals surface area contributed by atoms with E-state index in [2.05, 4.69) is 0 Å². The Morgan fingerprint density at radius 2 is 1.20 bits per heavy atom. The van der Waals surface area contributed by atoms with Crippen molar-refractivity contribution in [3.05, 3.63) is 54.9 Å². The quantitative estimate of drug-likeness (QED) is 0.260. The maximum absolute atomic E-state index is 6.02. The van der Waals surface area contributed by atoms with Crippen LogP contribution in [0.3, 0.4) is 0 Å². The summed E-state index contributed by atoms with van der Waals surface area (Å²) in [4.78, 5) is 10.4. The molecule has 0 aliphatic heterocycles. The van der Waals surface area contributed by atoms with Crippen molar-refractivity contribution in [2.45, 2.75) is 6.92 Å². The lowest BCUT2D eigenvalue weighted by Crippen LogP contribution is -2.03. The molecule has 106 valence electrons. The SMILES string of the molecule is Cc1ccccc1OOc1c(Cl)c(Cl)c(Cl)c(Cl)c1Cl. The molecule has 0 bridgehead atoms. The minimum absolute atomic E-state index is 0.0102. The molecule has 0 aromatic heterocycles. The second-order valence-electron chi connectivity index (χ2n) is 3.83. The van der Waals surface area contributed by atoms with Crippen LogP contribution in [-0.2, 0) is 0 Å². The van der Waals surface area contributed by atoms with Gasteiger partial charge in [-0.25, -0.2) is 0 Å². The van der Waals surface area contributed by atoms with Crippen molar-refractivity contribution in [2.24, 2.45) is 0 Å². The molecule has 20 heavy (non-hydrogen) atoms. The van der Waals surface area contributed by atoms with Gasteiger partial charge in [-0.05, 0) is 18.6 Å². The number of hydrogen-bond donors (Lipinski definition) is 0. The average Bonchev–Trinajstić information content (AvgIpc) is 2.45. The molecule has 0 N–H and O–H groups in total. The first-order chi connectivity index (χ1) is 9.43. The topological polar surface area (TPSA) is 18.5 Å². The van der Waals surface area contributed by atoms with Gasteiger partial charge in [-0.1, -0.05) is 76.2 Å². The third-order valence-electron chi connectivity index (χ3n) is 2.48. The first kappa shape index (κ1) is 15.9. The molecule has 0 saturated carbocycles. The van der Waals surface area contributed by atoms with Crippen molar-refractivity contribution in [1.82, 2.24) is 0 Å². The number of rotatable bonds is 3. The van der Waals surface area contributed by atoms with E-state index in [1.165, 1.54) is 0 Å². The fraction of sp³-hybridized carbons (Fsp3) is 0.0769.